The van der Waals surface area contributed by atoms with E-state index in [4.69, 9.17) is 9.47 Å². The van der Waals surface area contributed by atoms with Gasteiger partial charge in [-0.2, -0.15) is 0 Å². The lowest BCUT2D eigenvalue weighted by Gasteiger charge is -2.26. The van der Waals surface area contributed by atoms with E-state index in [0.29, 0.717) is 0 Å². The molecule has 0 atom stereocenters. The summed E-state index contributed by atoms with van der Waals surface area (Å²) in [4.78, 5) is 2.40. The minimum atomic E-state index is 0.751. The third-order valence-corrected chi connectivity index (χ3v) is 4.21. The number of allylic oxidation sites excluding steroid dienone is 2. The van der Waals surface area contributed by atoms with Gasteiger partial charge in [-0.1, -0.05) is 23.8 Å². The number of morpholine rings is 1. The fourth-order valence-corrected chi connectivity index (χ4v) is 2.62. The van der Waals surface area contributed by atoms with Crippen LogP contribution in [0.5, 0.6) is 5.75 Å². The number of benzene rings is 1. The van der Waals surface area contributed by atoms with Crippen LogP contribution < -0.4 is 4.74 Å². The van der Waals surface area contributed by atoms with E-state index in [1.54, 1.807) is 0 Å². The highest BCUT2D eigenvalue weighted by Crippen LogP contribution is 2.16. The Hall–Kier alpha value is -1.32. The summed E-state index contributed by atoms with van der Waals surface area (Å²) in [5.74, 6) is 0.994. The Kier molecular flexibility index (Phi) is 7.47. The van der Waals surface area contributed by atoms with E-state index in [1.807, 2.05) is 0 Å². The Labute approximate surface area is 134 Å². The van der Waals surface area contributed by atoms with E-state index in [0.717, 1.165) is 51.6 Å². The van der Waals surface area contributed by atoms with Crippen LogP contribution in [0.4, 0.5) is 0 Å². The molecule has 0 N–H and O–H groups in total. The van der Waals surface area contributed by atoms with Gasteiger partial charge in [-0.15, -0.1) is 0 Å². The van der Waals surface area contributed by atoms with E-state index in [2.05, 4.69) is 49.1 Å². The van der Waals surface area contributed by atoms with E-state index in [1.165, 1.54) is 24.0 Å². The summed E-state index contributed by atoms with van der Waals surface area (Å²) >= 11 is 0. The highest BCUT2D eigenvalue weighted by Gasteiger charge is 2.09. The number of hydrogen-bond acceptors (Lipinski definition) is 3. The van der Waals surface area contributed by atoms with Crippen molar-refractivity contribution >= 4 is 0 Å². The third kappa shape index (κ3) is 6.20. The number of nitrogens with zero attached hydrogens (tertiary/aromatic N) is 1. The highest BCUT2D eigenvalue weighted by atomic mass is 16.5. The molecule has 1 aromatic rings. The van der Waals surface area contributed by atoms with Crippen LogP contribution >= 0.6 is 0 Å². The zero-order valence-corrected chi connectivity index (χ0v) is 14.0. The Morgan fingerprint density at radius 2 is 2.14 bits per heavy atom. The van der Waals surface area contributed by atoms with Gasteiger partial charge in [0.05, 0.1) is 13.2 Å². The molecule has 2 rings (SSSR count). The molecule has 1 heterocycles. The first-order valence-corrected chi connectivity index (χ1v) is 8.41. The molecule has 0 bridgehead atoms. The zero-order chi connectivity index (χ0) is 15.6. The summed E-state index contributed by atoms with van der Waals surface area (Å²) < 4.78 is 11.3. The van der Waals surface area contributed by atoms with Crippen molar-refractivity contribution in [1.82, 2.24) is 4.90 Å². The minimum Gasteiger partial charge on any atom is -0.492 e. The molecular formula is C19H29NO2. The normalized spacial score (nSPS) is 16.7. The molecule has 1 aromatic carbocycles. The molecule has 1 aliphatic heterocycles. The standard InChI is InChI=1S/C19H29NO2/c1-3-17(2)6-4-7-18-8-5-9-19(16-18)22-15-12-20-10-13-21-14-11-20/h3,5,8-9,16H,4,6-7,10-15H2,1-2H3/b17-3+. The van der Waals surface area contributed by atoms with Crippen LogP contribution in [-0.4, -0.2) is 44.4 Å². The monoisotopic (exact) mass is 303 g/mol. The fraction of sp³-hybridized carbons (Fsp3) is 0.579. The van der Waals surface area contributed by atoms with Crippen molar-refractivity contribution in [2.24, 2.45) is 0 Å². The van der Waals surface area contributed by atoms with Crippen molar-refractivity contribution in [1.29, 1.82) is 0 Å². The lowest BCUT2D eigenvalue weighted by Crippen LogP contribution is -2.38. The Morgan fingerprint density at radius 3 is 2.91 bits per heavy atom. The predicted octanol–water partition coefficient (Wildman–Crippen LogP) is 3.69. The van der Waals surface area contributed by atoms with Gasteiger partial charge in [0.25, 0.3) is 0 Å². The topological polar surface area (TPSA) is 21.7 Å². The maximum Gasteiger partial charge on any atom is 0.119 e. The number of rotatable bonds is 8. The number of ether oxygens (including phenoxy) is 2. The van der Waals surface area contributed by atoms with Crippen molar-refractivity contribution in [2.45, 2.75) is 33.1 Å². The second kappa shape index (κ2) is 9.65. The largest absolute Gasteiger partial charge is 0.492 e. The maximum atomic E-state index is 5.90. The number of aryl methyl sites for hydroxylation is 1. The number of hydrogen-bond donors (Lipinski definition) is 0. The molecule has 0 aliphatic carbocycles. The van der Waals surface area contributed by atoms with E-state index in [-0.39, 0.29) is 0 Å². The van der Waals surface area contributed by atoms with Gasteiger partial charge in [-0.05, 0) is 50.8 Å². The molecule has 0 spiro atoms. The summed E-state index contributed by atoms with van der Waals surface area (Å²) in [6, 6.07) is 8.53. The summed E-state index contributed by atoms with van der Waals surface area (Å²) in [5.41, 5.74) is 2.84. The van der Waals surface area contributed by atoms with Gasteiger partial charge in [0.2, 0.25) is 0 Å². The lowest BCUT2D eigenvalue weighted by atomic mass is 10.0. The van der Waals surface area contributed by atoms with E-state index < -0.39 is 0 Å². The van der Waals surface area contributed by atoms with Gasteiger partial charge in [-0.3, -0.25) is 4.90 Å². The molecule has 0 aromatic heterocycles. The first-order chi connectivity index (χ1) is 10.8. The van der Waals surface area contributed by atoms with Gasteiger partial charge >= 0.3 is 0 Å². The van der Waals surface area contributed by atoms with Gasteiger partial charge < -0.3 is 9.47 Å². The second-order valence-electron chi connectivity index (χ2n) is 5.94. The Balaban J connectivity index is 1.71. The molecule has 1 fully saturated rings. The molecule has 22 heavy (non-hydrogen) atoms. The Bertz CT molecular complexity index is 464. The smallest absolute Gasteiger partial charge is 0.119 e. The molecule has 0 radical (unpaired) electrons. The van der Waals surface area contributed by atoms with Crippen LogP contribution in [0.25, 0.3) is 0 Å². The lowest BCUT2D eigenvalue weighted by molar-refractivity contribution is 0.0322. The zero-order valence-electron chi connectivity index (χ0n) is 14.0. The highest BCUT2D eigenvalue weighted by molar-refractivity contribution is 5.28. The first-order valence-electron chi connectivity index (χ1n) is 8.41. The van der Waals surface area contributed by atoms with Crippen LogP contribution in [0, 0.1) is 0 Å². The van der Waals surface area contributed by atoms with Gasteiger partial charge in [0.1, 0.15) is 12.4 Å². The molecule has 0 amide bonds. The SMILES string of the molecule is C/C=C(\C)CCCc1cccc(OCCN2CCOCC2)c1. The van der Waals surface area contributed by atoms with Crippen LogP contribution in [0.2, 0.25) is 0 Å². The molecule has 122 valence electrons. The van der Waals surface area contributed by atoms with Crippen molar-refractivity contribution < 1.29 is 9.47 Å². The summed E-state index contributed by atoms with van der Waals surface area (Å²) in [6.45, 7) is 9.78. The van der Waals surface area contributed by atoms with Crippen LogP contribution in [0.1, 0.15) is 32.3 Å². The Morgan fingerprint density at radius 1 is 1.32 bits per heavy atom. The van der Waals surface area contributed by atoms with E-state index in [9.17, 15) is 0 Å². The summed E-state index contributed by atoms with van der Waals surface area (Å²) in [7, 11) is 0. The van der Waals surface area contributed by atoms with Crippen molar-refractivity contribution in [2.75, 3.05) is 39.5 Å². The average Bonchev–Trinajstić information content (AvgIpc) is 2.56. The van der Waals surface area contributed by atoms with Crippen LogP contribution in [-0.2, 0) is 11.2 Å². The van der Waals surface area contributed by atoms with Crippen molar-refractivity contribution in [3.05, 3.63) is 41.5 Å². The van der Waals surface area contributed by atoms with E-state index >= 15 is 0 Å². The van der Waals surface area contributed by atoms with Crippen molar-refractivity contribution in [3.63, 3.8) is 0 Å². The predicted molar refractivity (Wildman–Crippen MR) is 91.6 cm³/mol. The summed E-state index contributed by atoms with van der Waals surface area (Å²) in [5, 5.41) is 0. The molecular weight excluding hydrogens is 274 g/mol. The molecule has 0 saturated carbocycles. The second-order valence-corrected chi connectivity index (χ2v) is 5.94. The van der Waals surface area contributed by atoms with Gasteiger partial charge in [0.15, 0.2) is 0 Å². The van der Waals surface area contributed by atoms with Gasteiger partial charge in [0, 0.05) is 19.6 Å². The molecule has 3 nitrogen and oxygen atoms in total. The third-order valence-electron chi connectivity index (χ3n) is 4.21. The quantitative estimate of drug-likeness (QED) is 0.684. The maximum absolute atomic E-state index is 5.90. The molecule has 1 aliphatic rings. The van der Waals surface area contributed by atoms with Crippen molar-refractivity contribution in [3.8, 4) is 5.75 Å². The molecule has 1 saturated heterocycles. The average molecular weight is 303 g/mol. The summed E-state index contributed by atoms with van der Waals surface area (Å²) in [6.07, 6.45) is 5.70. The fourth-order valence-electron chi connectivity index (χ4n) is 2.62. The van der Waals surface area contributed by atoms with Gasteiger partial charge in [-0.25, -0.2) is 0 Å². The van der Waals surface area contributed by atoms with Crippen LogP contribution in [0.3, 0.4) is 0 Å². The van der Waals surface area contributed by atoms with Crippen LogP contribution in [0.15, 0.2) is 35.9 Å². The molecule has 3 heteroatoms. The molecule has 0 unspecified atom stereocenters. The first kappa shape index (κ1) is 17.0. The minimum absolute atomic E-state index is 0.751.